The highest BCUT2D eigenvalue weighted by Gasteiger charge is 2.24. The van der Waals surface area contributed by atoms with Gasteiger partial charge in [-0.2, -0.15) is 0 Å². The highest BCUT2D eigenvalue weighted by Crippen LogP contribution is 2.38. The fraction of sp³-hybridized carbons (Fsp3) is 0.571. The number of aromatic hydroxyl groups is 1. The minimum Gasteiger partial charge on any atom is -0.507 e. The average molecular weight is 236 g/mol. The van der Waals surface area contributed by atoms with Crippen LogP contribution in [0, 0.1) is 0 Å². The minimum atomic E-state index is -0.00859. The Labute approximate surface area is 110 Å². The molecule has 1 nitrogen and oxygen atoms in total. The van der Waals surface area contributed by atoms with Crippen molar-refractivity contribution in [2.45, 2.75) is 52.4 Å². The maximum absolute atomic E-state index is 10.3. The minimum absolute atomic E-state index is 0. The first-order chi connectivity index (χ1) is 6.64. The van der Waals surface area contributed by atoms with Crippen molar-refractivity contribution in [1.82, 2.24) is 0 Å². The molecule has 0 radical (unpaired) electrons. The lowest BCUT2D eigenvalue weighted by atomic mass is 9.80. The summed E-state index contributed by atoms with van der Waals surface area (Å²) in [5.41, 5.74) is 2.03. The van der Waals surface area contributed by atoms with Crippen LogP contribution < -0.4 is 0 Å². The van der Waals surface area contributed by atoms with Gasteiger partial charge in [-0.3, -0.25) is 0 Å². The van der Waals surface area contributed by atoms with E-state index in [0.717, 1.165) is 11.1 Å². The van der Waals surface area contributed by atoms with Crippen molar-refractivity contribution in [2.75, 3.05) is 0 Å². The molecule has 0 saturated heterocycles. The predicted octanol–water partition coefficient (Wildman–Crippen LogP) is 2.80. The lowest BCUT2D eigenvalue weighted by molar-refractivity contribution is 0.423. The van der Waals surface area contributed by atoms with E-state index in [1.165, 1.54) is 0 Å². The second-order valence-electron chi connectivity index (χ2n) is 6.20. The molecule has 1 rings (SSSR count). The topological polar surface area (TPSA) is 20.2 Å². The number of hydrogen-bond donors (Lipinski definition) is 1. The van der Waals surface area contributed by atoms with E-state index in [0.29, 0.717) is 5.75 Å². The molecule has 1 aromatic rings. The summed E-state index contributed by atoms with van der Waals surface area (Å²) in [6.45, 7) is 12.7. The Kier molecular flexibility index (Phi) is 4.68. The van der Waals surface area contributed by atoms with E-state index in [-0.39, 0.29) is 28.2 Å². The SMILES string of the molecule is CC(C)(C)c1cccc(C(C)(C)C)c1O.[AlH3]. The zero-order valence-electron chi connectivity index (χ0n) is 10.7. The number of phenols is 1. The van der Waals surface area contributed by atoms with E-state index < -0.39 is 0 Å². The average Bonchev–Trinajstić information content (AvgIpc) is 1.99. The Morgan fingerprint density at radius 2 is 1.12 bits per heavy atom. The fourth-order valence-electron chi connectivity index (χ4n) is 1.75. The third kappa shape index (κ3) is 3.27. The van der Waals surface area contributed by atoms with Crippen molar-refractivity contribution in [1.29, 1.82) is 0 Å². The molecule has 0 aromatic heterocycles. The maximum Gasteiger partial charge on any atom is 0.187 e. The second kappa shape index (κ2) is 4.82. The molecule has 0 aliphatic rings. The van der Waals surface area contributed by atoms with Gasteiger partial charge in [0.25, 0.3) is 0 Å². The van der Waals surface area contributed by atoms with Crippen molar-refractivity contribution in [3.63, 3.8) is 0 Å². The smallest absolute Gasteiger partial charge is 0.187 e. The summed E-state index contributed by atoms with van der Waals surface area (Å²) >= 11 is 0. The van der Waals surface area contributed by atoms with Crippen LogP contribution in [0.5, 0.6) is 5.75 Å². The fourth-order valence-corrected chi connectivity index (χ4v) is 1.75. The van der Waals surface area contributed by atoms with Gasteiger partial charge in [0, 0.05) is 0 Å². The van der Waals surface area contributed by atoms with Gasteiger partial charge in [0.05, 0.1) is 0 Å². The highest BCUT2D eigenvalue weighted by atomic mass is 27.0. The molecule has 0 amide bonds. The van der Waals surface area contributed by atoms with Crippen LogP contribution in [0.2, 0.25) is 0 Å². The Morgan fingerprint density at radius 3 is 1.38 bits per heavy atom. The Hall–Kier alpha value is -0.448. The number of hydrogen-bond acceptors (Lipinski definition) is 1. The van der Waals surface area contributed by atoms with Gasteiger partial charge in [-0.25, -0.2) is 0 Å². The molecule has 90 valence electrons. The van der Waals surface area contributed by atoms with Crippen LogP contribution in [-0.4, -0.2) is 22.5 Å². The normalized spacial score (nSPS) is 12.1. The van der Waals surface area contributed by atoms with Gasteiger partial charge in [-0.15, -0.1) is 0 Å². The first kappa shape index (κ1) is 15.6. The van der Waals surface area contributed by atoms with Crippen molar-refractivity contribution < 1.29 is 5.11 Å². The first-order valence-electron chi connectivity index (χ1n) is 5.47. The van der Waals surface area contributed by atoms with Crippen LogP contribution in [0.1, 0.15) is 52.7 Å². The molecule has 0 fully saturated rings. The standard InChI is InChI=1S/C14H22O.Al.3H/c1-13(2,3)10-8-7-9-11(12(10)15)14(4,5)6;;;;/h7-9,15H,1-6H3;;;;. The second-order valence-corrected chi connectivity index (χ2v) is 6.20. The maximum atomic E-state index is 10.3. The van der Waals surface area contributed by atoms with Gasteiger partial charge in [-0.1, -0.05) is 59.7 Å². The van der Waals surface area contributed by atoms with Crippen LogP contribution in [0.15, 0.2) is 18.2 Å². The molecule has 0 unspecified atom stereocenters. The number of phenolic OH excluding ortho intramolecular Hbond substituents is 1. The van der Waals surface area contributed by atoms with Crippen LogP contribution >= 0.6 is 0 Å². The molecule has 0 heterocycles. The van der Waals surface area contributed by atoms with Gasteiger partial charge in [0.2, 0.25) is 0 Å². The molecule has 0 aliphatic heterocycles. The van der Waals surface area contributed by atoms with Crippen LogP contribution in [0.4, 0.5) is 0 Å². The summed E-state index contributed by atoms with van der Waals surface area (Å²) in [4.78, 5) is 0. The lowest BCUT2D eigenvalue weighted by Crippen LogP contribution is -2.16. The Bertz CT molecular complexity index is 324. The molecule has 1 N–H and O–H groups in total. The predicted molar refractivity (Wildman–Crippen MR) is 75.4 cm³/mol. The quantitative estimate of drug-likeness (QED) is 0.687. The van der Waals surface area contributed by atoms with E-state index in [1.54, 1.807) is 0 Å². The summed E-state index contributed by atoms with van der Waals surface area (Å²) in [7, 11) is 0. The van der Waals surface area contributed by atoms with Crippen molar-refractivity contribution >= 4 is 17.4 Å². The highest BCUT2D eigenvalue weighted by molar-refractivity contribution is 5.75. The van der Waals surface area contributed by atoms with E-state index in [1.807, 2.05) is 18.2 Å². The van der Waals surface area contributed by atoms with E-state index >= 15 is 0 Å². The van der Waals surface area contributed by atoms with Gasteiger partial charge < -0.3 is 5.11 Å². The molecular weight excluding hydrogens is 211 g/mol. The number of rotatable bonds is 0. The summed E-state index contributed by atoms with van der Waals surface area (Å²) in [6.07, 6.45) is 0. The molecule has 0 spiro atoms. The lowest BCUT2D eigenvalue weighted by Gasteiger charge is -2.26. The molecule has 16 heavy (non-hydrogen) atoms. The molecule has 0 aliphatic carbocycles. The first-order valence-corrected chi connectivity index (χ1v) is 5.47. The third-order valence-corrected chi connectivity index (χ3v) is 2.65. The van der Waals surface area contributed by atoms with Gasteiger partial charge >= 0.3 is 0 Å². The third-order valence-electron chi connectivity index (χ3n) is 2.65. The largest absolute Gasteiger partial charge is 0.507 e. The van der Waals surface area contributed by atoms with Crippen molar-refractivity contribution in [2.24, 2.45) is 0 Å². The summed E-state index contributed by atoms with van der Waals surface area (Å²) in [5.74, 6) is 0.456. The molecule has 0 bridgehead atoms. The van der Waals surface area contributed by atoms with E-state index in [4.69, 9.17) is 0 Å². The van der Waals surface area contributed by atoms with Gasteiger partial charge in [-0.05, 0) is 22.0 Å². The van der Waals surface area contributed by atoms with Crippen molar-refractivity contribution in [3.05, 3.63) is 29.3 Å². The zero-order valence-corrected chi connectivity index (χ0v) is 10.7. The number of benzene rings is 1. The molecule has 0 saturated carbocycles. The van der Waals surface area contributed by atoms with Crippen LogP contribution in [0.3, 0.4) is 0 Å². The summed E-state index contributed by atoms with van der Waals surface area (Å²) in [6, 6.07) is 6.04. The summed E-state index contributed by atoms with van der Waals surface area (Å²) < 4.78 is 0. The molecule has 2 heteroatoms. The Morgan fingerprint density at radius 1 is 0.812 bits per heavy atom. The van der Waals surface area contributed by atoms with Crippen molar-refractivity contribution in [3.8, 4) is 5.75 Å². The zero-order chi connectivity index (χ0) is 11.9. The van der Waals surface area contributed by atoms with E-state index in [9.17, 15) is 5.11 Å². The molecular formula is C14H25AlO. The van der Waals surface area contributed by atoms with E-state index in [2.05, 4.69) is 41.5 Å². The number of para-hydroxylation sites is 1. The Balaban J connectivity index is 0.00000225. The monoisotopic (exact) mass is 236 g/mol. The van der Waals surface area contributed by atoms with Crippen LogP contribution in [-0.2, 0) is 10.8 Å². The molecule has 1 aromatic carbocycles. The van der Waals surface area contributed by atoms with Crippen LogP contribution in [0.25, 0.3) is 0 Å². The van der Waals surface area contributed by atoms with Gasteiger partial charge in [0.1, 0.15) is 5.75 Å². The van der Waals surface area contributed by atoms with Gasteiger partial charge in [0.15, 0.2) is 17.4 Å². The molecule has 0 atom stereocenters. The summed E-state index contributed by atoms with van der Waals surface area (Å²) in [5, 5.41) is 10.3.